The summed E-state index contributed by atoms with van der Waals surface area (Å²) in [6.07, 6.45) is 8.58. The lowest BCUT2D eigenvalue weighted by atomic mass is 9.98. The van der Waals surface area contributed by atoms with Crippen molar-refractivity contribution < 1.29 is 0 Å². The summed E-state index contributed by atoms with van der Waals surface area (Å²) < 4.78 is 0.953. The Morgan fingerprint density at radius 2 is 2.29 bits per heavy atom. The zero-order valence-corrected chi connectivity index (χ0v) is 11.4. The number of anilines is 1. The minimum absolute atomic E-state index is 0.556. The molecule has 0 aliphatic carbocycles. The van der Waals surface area contributed by atoms with Crippen molar-refractivity contribution in [3.05, 3.63) is 17.0 Å². The van der Waals surface area contributed by atoms with E-state index in [-0.39, 0.29) is 0 Å². The molecule has 1 aromatic heterocycles. The molecule has 1 aromatic rings. The molecule has 3 rings (SSSR count). The van der Waals surface area contributed by atoms with E-state index < -0.39 is 0 Å². The first-order valence-corrected chi connectivity index (χ1v) is 7.08. The highest BCUT2D eigenvalue weighted by molar-refractivity contribution is 9.10. The molecule has 2 atom stereocenters. The van der Waals surface area contributed by atoms with E-state index in [1.165, 1.54) is 38.8 Å². The number of rotatable bonds is 2. The number of nitrogens with one attached hydrogen (secondary N) is 1. The van der Waals surface area contributed by atoms with Crippen LogP contribution in [0.4, 0.5) is 5.82 Å². The largest absolute Gasteiger partial charge is 0.366 e. The number of aromatic nitrogens is 2. The number of fused-ring (bicyclic) bond motifs is 1. The van der Waals surface area contributed by atoms with Crippen LogP contribution in [0.25, 0.3) is 0 Å². The van der Waals surface area contributed by atoms with Crippen LogP contribution in [0.15, 0.2) is 17.0 Å². The summed E-state index contributed by atoms with van der Waals surface area (Å²) in [6.45, 7) is 2.53. The molecule has 17 heavy (non-hydrogen) atoms. The van der Waals surface area contributed by atoms with Crippen LogP contribution in [0.5, 0.6) is 0 Å². The van der Waals surface area contributed by atoms with E-state index in [0.29, 0.717) is 6.04 Å². The van der Waals surface area contributed by atoms with Crippen LogP contribution in [0.2, 0.25) is 0 Å². The van der Waals surface area contributed by atoms with Gasteiger partial charge in [-0.15, -0.1) is 0 Å². The summed E-state index contributed by atoms with van der Waals surface area (Å²) in [7, 11) is 0. The molecule has 0 radical (unpaired) electrons. The maximum Gasteiger partial charge on any atom is 0.143 e. The fourth-order valence-corrected chi connectivity index (χ4v) is 3.30. The molecule has 0 amide bonds. The van der Waals surface area contributed by atoms with Crippen molar-refractivity contribution in [2.75, 3.05) is 18.4 Å². The number of nitrogens with zero attached hydrogens (tertiary/aromatic N) is 3. The number of hydrogen-bond donors (Lipinski definition) is 1. The zero-order valence-electron chi connectivity index (χ0n) is 9.77. The molecule has 92 valence electrons. The molecule has 2 unspecified atom stereocenters. The highest BCUT2D eigenvalue weighted by Crippen LogP contribution is 2.29. The molecular weight excluding hydrogens is 280 g/mol. The van der Waals surface area contributed by atoms with Gasteiger partial charge < -0.3 is 10.2 Å². The van der Waals surface area contributed by atoms with Gasteiger partial charge in [0.15, 0.2) is 0 Å². The zero-order chi connectivity index (χ0) is 11.7. The van der Waals surface area contributed by atoms with Gasteiger partial charge in [0.2, 0.25) is 0 Å². The summed E-state index contributed by atoms with van der Waals surface area (Å²) in [4.78, 5) is 10.9. The highest BCUT2D eigenvalue weighted by atomic mass is 79.9. The van der Waals surface area contributed by atoms with Crippen molar-refractivity contribution in [2.24, 2.45) is 0 Å². The molecule has 4 nitrogen and oxygen atoms in total. The average Bonchev–Trinajstić information content (AvgIpc) is 2.79. The summed E-state index contributed by atoms with van der Waals surface area (Å²) in [6, 6.07) is 1.35. The normalized spacial score (nSPS) is 29.0. The van der Waals surface area contributed by atoms with Crippen LogP contribution >= 0.6 is 15.9 Å². The van der Waals surface area contributed by atoms with Crippen LogP contribution in [0.3, 0.4) is 0 Å². The predicted octanol–water partition coefficient (Wildman–Crippen LogP) is 2.28. The van der Waals surface area contributed by atoms with Gasteiger partial charge in [-0.2, -0.15) is 0 Å². The first-order valence-electron chi connectivity index (χ1n) is 6.29. The third-order valence-electron chi connectivity index (χ3n) is 3.83. The Kier molecular flexibility index (Phi) is 3.29. The number of piperidine rings is 1. The number of hydrogen-bond acceptors (Lipinski definition) is 4. The van der Waals surface area contributed by atoms with Crippen molar-refractivity contribution in [1.29, 1.82) is 0 Å². The summed E-state index contributed by atoms with van der Waals surface area (Å²) in [5.41, 5.74) is 0. The van der Waals surface area contributed by atoms with Crippen LogP contribution in [-0.4, -0.2) is 40.0 Å². The van der Waals surface area contributed by atoms with Crippen LogP contribution < -0.4 is 5.32 Å². The predicted molar refractivity (Wildman–Crippen MR) is 71.0 cm³/mol. The lowest BCUT2D eigenvalue weighted by Crippen LogP contribution is -2.42. The van der Waals surface area contributed by atoms with Gasteiger partial charge >= 0.3 is 0 Å². The highest BCUT2D eigenvalue weighted by Gasteiger charge is 2.31. The Morgan fingerprint density at radius 3 is 3.18 bits per heavy atom. The van der Waals surface area contributed by atoms with Gasteiger partial charge in [0.1, 0.15) is 12.1 Å². The van der Waals surface area contributed by atoms with Crippen molar-refractivity contribution in [2.45, 2.75) is 37.8 Å². The van der Waals surface area contributed by atoms with E-state index in [0.717, 1.165) is 16.3 Å². The Labute approximate surface area is 110 Å². The Morgan fingerprint density at radius 1 is 1.35 bits per heavy atom. The minimum atomic E-state index is 0.556. The van der Waals surface area contributed by atoms with Gasteiger partial charge in [-0.25, -0.2) is 9.97 Å². The van der Waals surface area contributed by atoms with Crippen molar-refractivity contribution in [3.8, 4) is 0 Å². The van der Waals surface area contributed by atoms with Crippen LogP contribution in [0, 0.1) is 0 Å². The Hall–Kier alpha value is -0.680. The van der Waals surface area contributed by atoms with Gasteiger partial charge in [-0.1, -0.05) is 0 Å². The van der Waals surface area contributed by atoms with E-state index in [9.17, 15) is 0 Å². The molecule has 2 fully saturated rings. The van der Waals surface area contributed by atoms with E-state index in [1.54, 1.807) is 12.5 Å². The van der Waals surface area contributed by atoms with E-state index in [1.807, 2.05) is 0 Å². The number of halogens is 1. The first-order chi connectivity index (χ1) is 8.33. The average molecular weight is 297 g/mol. The molecule has 2 saturated heterocycles. The molecule has 2 aliphatic rings. The second-order valence-electron chi connectivity index (χ2n) is 4.92. The molecular formula is C12H17BrN4. The molecule has 1 N–H and O–H groups in total. The summed E-state index contributed by atoms with van der Waals surface area (Å²) >= 11 is 3.48. The second-order valence-corrected chi connectivity index (χ2v) is 5.77. The topological polar surface area (TPSA) is 41.1 Å². The smallest absolute Gasteiger partial charge is 0.143 e. The fourth-order valence-electron chi connectivity index (χ4n) is 2.97. The monoisotopic (exact) mass is 296 g/mol. The van der Waals surface area contributed by atoms with Crippen LogP contribution in [-0.2, 0) is 0 Å². The molecule has 0 saturated carbocycles. The van der Waals surface area contributed by atoms with E-state index >= 15 is 0 Å². The summed E-state index contributed by atoms with van der Waals surface area (Å²) in [5, 5.41) is 3.54. The maximum atomic E-state index is 4.28. The molecule has 0 aromatic carbocycles. The summed E-state index contributed by atoms with van der Waals surface area (Å²) in [5.74, 6) is 0.927. The van der Waals surface area contributed by atoms with Crippen molar-refractivity contribution in [1.82, 2.24) is 14.9 Å². The SMILES string of the molecule is Brc1cncnc1NC1CCN2CCCC2C1. The molecule has 0 bridgehead atoms. The Bertz CT molecular complexity index is 398. The van der Waals surface area contributed by atoms with Crippen molar-refractivity contribution >= 4 is 21.7 Å². The molecule has 2 aliphatic heterocycles. The fraction of sp³-hybridized carbons (Fsp3) is 0.667. The van der Waals surface area contributed by atoms with Crippen LogP contribution in [0.1, 0.15) is 25.7 Å². The van der Waals surface area contributed by atoms with E-state index in [2.05, 4.69) is 36.1 Å². The molecule has 0 spiro atoms. The third kappa shape index (κ3) is 2.45. The van der Waals surface area contributed by atoms with Gasteiger partial charge in [0, 0.05) is 24.8 Å². The quantitative estimate of drug-likeness (QED) is 0.909. The van der Waals surface area contributed by atoms with E-state index in [4.69, 9.17) is 0 Å². The van der Waals surface area contributed by atoms with Gasteiger partial charge in [-0.05, 0) is 48.2 Å². The molecule has 3 heterocycles. The minimum Gasteiger partial charge on any atom is -0.366 e. The standard InChI is InChI=1S/C12H17BrN4/c13-11-7-14-8-15-12(11)16-9-3-5-17-4-1-2-10(17)6-9/h7-10H,1-6H2,(H,14,15,16). The van der Waals surface area contributed by atoms with Gasteiger partial charge in [-0.3, -0.25) is 0 Å². The van der Waals surface area contributed by atoms with Crippen molar-refractivity contribution in [3.63, 3.8) is 0 Å². The molecule has 5 heteroatoms. The lowest BCUT2D eigenvalue weighted by Gasteiger charge is -2.35. The Balaban J connectivity index is 1.64. The lowest BCUT2D eigenvalue weighted by molar-refractivity contribution is 0.188. The van der Waals surface area contributed by atoms with Gasteiger partial charge in [0.05, 0.1) is 4.47 Å². The first kappa shape index (κ1) is 11.4. The van der Waals surface area contributed by atoms with Gasteiger partial charge in [0.25, 0.3) is 0 Å². The second kappa shape index (κ2) is 4.90. The third-order valence-corrected chi connectivity index (χ3v) is 4.41. The maximum absolute atomic E-state index is 4.28.